The van der Waals surface area contributed by atoms with E-state index in [-0.39, 0.29) is 24.8 Å². The van der Waals surface area contributed by atoms with Gasteiger partial charge in [-0.25, -0.2) is 0 Å². The fourth-order valence-corrected chi connectivity index (χ4v) is 3.88. The van der Waals surface area contributed by atoms with Crippen molar-refractivity contribution in [2.75, 3.05) is 13.1 Å². The molecule has 2 amide bonds. The number of hydrogen-bond donors (Lipinski definition) is 3. The first kappa shape index (κ1) is 20.2. The second-order valence-corrected chi connectivity index (χ2v) is 7.26. The third-order valence-corrected chi connectivity index (χ3v) is 5.46. The molecule has 0 saturated heterocycles. The third-order valence-electron chi connectivity index (χ3n) is 3.79. The van der Waals surface area contributed by atoms with Gasteiger partial charge in [-0.3, -0.25) is 14.4 Å². The van der Waals surface area contributed by atoms with Gasteiger partial charge in [0, 0.05) is 23.1 Å². The van der Waals surface area contributed by atoms with Gasteiger partial charge in [0.15, 0.2) is 0 Å². The fraction of sp³-hybridized carbons (Fsp3) is 0.389. The van der Waals surface area contributed by atoms with Gasteiger partial charge in [0.25, 0.3) is 5.91 Å². The normalized spacial score (nSPS) is 10.7. The smallest absolute Gasteiger partial charge is 0.303 e. The molecular formula is C18H21ClN2O4S. The standard InChI is InChI=1S/C18H21ClN2O4S/c19-16-12-7-4-5-8-13(12)26-17(16)18(25)21-11-14(22)20-10-6-2-1-3-9-15(23)24/h4-5,7-8H,1-3,6,9-11H2,(H,20,22)(H,21,25)(H,23,24). The summed E-state index contributed by atoms with van der Waals surface area (Å²) < 4.78 is 0.926. The lowest BCUT2D eigenvalue weighted by Crippen LogP contribution is -2.37. The highest BCUT2D eigenvalue weighted by molar-refractivity contribution is 7.21. The molecule has 2 rings (SSSR count). The summed E-state index contributed by atoms with van der Waals surface area (Å²) in [6, 6.07) is 7.49. The van der Waals surface area contributed by atoms with Gasteiger partial charge in [0.2, 0.25) is 5.91 Å². The zero-order valence-electron chi connectivity index (χ0n) is 14.2. The Labute approximate surface area is 160 Å². The molecule has 140 valence electrons. The van der Waals surface area contributed by atoms with Crippen LogP contribution in [0.3, 0.4) is 0 Å². The van der Waals surface area contributed by atoms with Crippen molar-refractivity contribution >= 4 is 50.8 Å². The minimum atomic E-state index is -0.784. The van der Waals surface area contributed by atoms with Crippen molar-refractivity contribution in [1.29, 1.82) is 0 Å². The lowest BCUT2D eigenvalue weighted by molar-refractivity contribution is -0.137. The molecule has 1 aromatic carbocycles. The first-order chi connectivity index (χ1) is 12.5. The number of benzene rings is 1. The molecule has 0 atom stereocenters. The zero-order valence-corrected chi connectivity index (χ0v) is 15.8. The quantitative estimate of drug-likeness (QED) is 0.536. The van der Waals surface area contributed by atoms with Crippen molar-refractivity contribution in [2.24, 2.45) is 0 Å². The molecule has 0 aliphatic rings. The molecular weight excluding hydrogens is 376 g/mol. The summed E-state index contributed by atoms with van der Waals surface area (Å²) in [5, 5.41) is 15.1. The second kappa shape index (κ2) is 10.1. The number of carboxylic acid groups (broad SMARTS) is 1. The van der Waals surface area contributed by atoms with Crippen molar-refractivity contribution in [3.63, 3.8) is 0 Å². The highest BCUT2D eigenvalue weighted by atomic mass is 35.5. The van der Waals surface area contributed by atoms with Crippen LogP contribution < -0.4 is 10.6 Å². The summed E-state index contributed by atoms with van der Waals surface area (Å²) in [5.41, 5.74) is 0. The van der Waals surface area contributed by atoms with Crippen molar-refractivity contribution in [2.45, 2.75) is 32.1 Å². The lowest BCUT2D eigenvalue weighted by atomic mass is 10.1. The first-order valence-electron chi connectivity index (χ1n) is 8.42. The van der Waals surface area contributed by atoms with E-state index in [0.29, 0.717) is 22.9 Å². The van der Waals surface area contributed by atoms with Gasteiger partial charge in [0.1, 0.15) is 4.88 Å². The maximum atomic E-state index is 12.2. The number of thiophene rings is 1. The average Bonchev–Trinajstić information content (AvgIpc) is 2.96. The van der Waals surface area contributed by atoms with E-state index in [4.69, 9.17) is 16.7 Å². The molecule has 0 aliphatic carbocycles. The van der Waals surface area contributed by atoms with E-state index in [2.05, 4.69) is 10.6 Å². The Morgan fingerprint density at radius 1 is 1.04 bits per heavy atom. The molecule has 0 fully saturated rings. The van der Waals surface area contributed by atoms with E-state index in [1.54, 1.807) is 0 Å². The number of rotatable bonds is 10. The Morgan fingerprint density at radius 2 is 1.77 bits per heavy atom. The van der Waals surface area contributed by atoms with Crippen molar-refractivity contribution in [3.05, 3.63) is 34.2 Å². The van der Waals surface area contributed by atoms with E-state index < -0.39 is 5.97 Å². The van der Waals surface area contributed by atoms with E-state index in [1.807, 2.05) is 24.3 Å². The van der Waals surface area contributed by atoms with Crippen LogP contribution in [-0.4, -0.2) is 36.0 Å². The molecule has 2 aromatic rings. The number of carbonyl (C=O) groups excluding carboxylic acids is 2. The number of nitrogens with one attached hydrogen (secondary N) is 2. The average molecular weight is 397 g/mol. The van der Waals surface area contributed by atoms with Crippen LogP contribution in [0.25, 0.3) is 10.1 Å². The van der Waals surface area contributed by atoms with Crippen LogP contribution in [-0.2, 0) is 9.59 Å². The van der Waals surface area contributed by atoms with Crippen LogP contribution in [0.4, 0.5) is 0 Å². The van der Waals surface area contributed by atoms with Crippen LogP contribution >= 0.6 is 22.9 Å². The number of halogens is 1. The summed E-state index contributed by atoms with van der Waals surface area (Å²) in [6.45, 7) is 0.397. The Bertz CT molecular complexity index is 791. The summed E-state index contributed by atoms with van der Waals surface area (Å²) in [4.78, 5) is 34.8. The SMILES string of the molecule is O=C(O)CCCCCCNC(=O)CNC(=O)c1sc2ccccc2c1Cl. The Hall–Kier alpha value is -2.12. The number of unbranched alkanes of at least 4 members (excludes halogenated alkanes) is 3. The number of carbonyl (C=O) groups is 3. The molecule has 6 nitrogen and oxygen atoms in total. The molecule has 1 heterocycles. The van der Waals surface area contributed by atoms with Crippen LogP contribution in [0.2, 0.25) is 5.02 Å². The highest BCUT2D eigenvalue weighted by Gasteiger charge is 2.17. The number of fused-ring (bicyclic) bond motifs is 1. The van der Waals surface area contributed by atoms with Crippen molar-refractivity contribution < 1.29 is 19.5 Å². The third kappa shape index (κ3) is 6.00. The summed E-state index contributed by atoms with van der Waals surface area (Å²) in [6.07, 6.45) is 3.29. The second-order valence-electron chi connectivity index (χ2n) is 5.83. The molecule has 0 unspecified atom stereocenters. The number of hydrogen-bond acceptors (Lipinski definition) is 4. The van der Waals surface area contributed by atoms with E-state index >= 15 is 0 Å². The van der Waals surface area contributed by atoms with Gasteiger partial charge in [-0.2, -0.15) is 0 Å². The minimum Gasteiger partial charge on any atom is -0.481 e. The van der Waals surface area contributed by atoms with Crippen LogP contribution in [0.5, 0.6) is 0 Å². The van der Waals surface area contributed by atoms with Crippen molar-refractivity contribution in [1.82, 2.24) is 10.6 Å². The van der Waals surface area contributed by atoms with Crippen LogP contribution in [0.15, 0.2) is 24.3 Å². The lowest BCUT2D eigenvalue weighted by Gasteiger charge is -2.06. The summed E-state index contributed by atoms with van der Waals surface area (Å²) in [5.74, 6) is -1.41. The van der Waals surface area contributed by atoms with E-state index in [9.17, 15) is 14.4 Å². The monoisotopic (exact) mass is 396 g/mol. The van der Waals surface area contributed by atoms with E-state index in [1.165, 1.54) is 11.3 Å². The summed E-state index contributed by atoms with van der Waals surface area (Å²) in [7, 11) is 0. The Kier molecular flexibility index (Phi) is 7.87. The maximum Gasteiger partial charge on any atom is 0.303 e. The van der Waals surface area contributed by atoms with Gasteiger partial charge < -0.3 is 15.7 Å². The predicted octanol–water partition coefficient (Wildman–Crippen LogP) is 3.44. The van der Waals surface area contributed by atoms with Gasteiger partial charge in [-0.15, -0.1) is 11.3 Å². The zero-order chi connectivity index (χ0) is 18.9. The van der Waals surface area contributed by atoms with Gasteiger partial charge >= 0.3 is 5.97 Å². The molecule has 0 aliphatic heterocycles. The van der Waals surface area contributed by atoms with Crippen LogP contribution in [0, 0.1) is 0 Å². The van der Waals surface area contributed by atoms with Crippen molar-refractivity contribution in [3.8, 4) is 0 Å². The van der Waals surface area contributed by atoms with Gasteiger partial charge in [0.05, 0.1) is 11.6 Å². The molecule has 8 heteroatoms. The Balaban J connectivity index is 1.67. The molecule has 0 radical (unpaired) electrons. The molecule has 3 N–H and O–H groups in total. The Morgan fingerprint density at radius 3 is 2.50 bits per heavy atom. The number of amides is 2. The summed E-state index contributed by atoms with van der Waals surface area (Å²) >= 11 is 7.54. The van der Waals surface area contributed by atoms with E-state index in [0.717, 1.165) is 29.3 Å². The largest absolute Gasteiger partial charge is 0.481 e. The molecule has 1 aromatic heterocycles. The number of carboxylic acids is 1. The highest BCUT2D eigenvalue weighted by Crippen LogP contribution is 2.34. The van der Waals surface area contributed by atoms with Gasteiger partial charge in [-0.1, -0.05) is 42.6 Å². The number of aliphatic carboxylic acids is 1. The fourth-order valence-electron chi connectivity index (χ4n) is 2.45. The molecule has 0 spiro atoms. The maximum absolute atomic E-state index is 12.2. The van der Waals surface area contributed by atoms with Gasteiger partial charge in [-0.05, 0) is 18.9 Å². The predicted molar refractivity (Wildman–Crippen MR) is 103 cm³/mol. The minimum absolute atomic E-state index is 0.109. The topological polar surface area (TPSA) is 95.5 Å². The van der Waals surface area contributed by atoms with Crippen LogP contribution in [0.1, 0.15) is 41.8 Å². The molecule has 0 saturated carbocycles. The molecule has 0 bridgehead atoms. The first-order valence-corrected chi connectivity index (χ1v) is 9.62. The molecule has 26 heavy (non-hydrogen) atoms.